The maximum atomic E-state index is 11.6. The molecule has 0 atom stereocenters. The van der Waals surface area contributed by atoms with Crippen molar-refractivity contribution in [3.05, 3.63) is 36.7 Å². The number of hydrogen-bond acceptors (Lipinski definition) is 8. The van der Waals surface area contributed by atoms with E-state index in [0.717, 1.165) is 0 Å². The van der Waals surface area contributed by atoms with Gasteiger partial charge in [0.2, 0.25) is 0 Å². The molecule has 0 saturated carbocycles. The molecular formula is C12H14N4O4. The predicted molar refractivity (Wildman–Crippen MR) is 71.8 cm³/mol. The van der Waals surface area contributed by atoms with Crippen LogP contribution in [0.5, 0.6) is 0 Å². The van der Waals surface area contributed by atoms with Gasteiger partial charge in [0.1, 0.15) is 13.2 Å². The fourth-order valence-electron chi connectivity index (χ4n) is 1.17. The number of aromatic nitrogens is 2. The lowest BCUT2D eigenvalue weighted by atomic mass is 10.3. The zero-order valence-electron chi connectivity index (χ0n) is 10.7. The van der Waals surface area contributed by atoms with E-state index < -0.39 is 11.9 Å². The maximum Gasteiger partial charge on any atom is 0.361 e. The van der Waals surface area contributed by atoms with E-state index in [1.54, 1.807) is 0 Å². The Morgan fingerprint density at radius 2 is 1.30 bits per heavy atom. The van der Waals surface area contributed by atoms with Gasteiger partial charge in [-0.2, -0.15) is 0 Å². The number of anilines is 2. The van der Waals surface area contributed by atoms with Crippen molar-refractivity contribution in [3.63, 3.8) is 0 Å². The normalized spacial score (nSPS) is 9.60. The fourth-order valence-corrected chi connectivity index (χ4v) is 1.17. The zero-order valence-corrected chi connectivity index (χ0v) is 10.7. The first kappa shape index (κ1) is 15.2. The SMILES string of the molecule is C=CCOC(=O)c1nc(N)c(C(=O)OCC=C)nc1N. The molecule has 0 bridgehead atoms. The highest BCUT2D eigenvalue weighted by Crippen LogP contribution is 2.15. The number of hydrogen-bond donors (Lipinski definition) is 2. The number of ether oxygens (including phenoxy) is 2. The minimum atomic E-state index is -0.812. The van der Waals surface area contributed by atoms with Crippen molar-refractivity contribution >= 4 is 23.6 Å². The molecule has 1 aromatic rings. The van der Waals surface area contributed by atoms with Crippen LogP contribution in [0, 0.1) is 0 Å². The smallest absolute Gasteiger partial charge is 0.361 e. The fraction of sp³-hybridized carbons (Fsp3) is 0.167. The summed E-state index contributed by atoms with van der Waals surface area (Å²) in [4.78, 5) is 30.6. The van der Waals surface area contributed by atoms with E-state index in [2.05, 4.69) is 23.1 Å². The number of carbonyl (C=O) groups excluding carboxylic acids is 2. The Morgan fingerprint density at radius 1 is 0.950 bits per heavy atom. The van der Waals surface area contributed by atoms with Crippen molar-refractivity contribution in [2.45, 2.75) is 0 Å². The molecule has 0 fully saturated rings. The molecule has 0 amide bonds. The first-order valence-electron chi connectivity index (χ1n) is 5.50. The van der Waals surface area contributed by atoms with Crippen molar-refractivity contribution in [2.24, 2.45) is 0 Å². The monoisotopic (exact) mass is 278 g/mol. The average molecular weight is 278 g/mol. The summed E-state index contributed by atoms with van der Waals surface area (Å²) in [5.41, 5.74) is 10.5. The highest BCUT2D eigenvalue weighted by molar-refractivity contribution is 5.96. The van der Waals surface area contributed by atoms with Crippen LogP contribution >= 0.6 is 0 Å². The van der Waals surface area contributed by atoms with Crippen molar-refractivity contribution in [1.82, 2.24) is 9.97 Å². The lowest BCUT2D eigenvalue weighted by molar-refractivity contribution is 0.0527. The van der Waals surface area contributed by atoms with Crippen molar-refractivity contribution < 1.29 is 19.1 Å². The van der Waals surface area contributed by atoms with Gasteiger partial charge in [-0.3, -0.25) is 0 Å². The van der Waals surface area contributed by atoms with Gasteiger partial charge in [0.25, 0.3) is 0 Å². The zero-order chi connectivity index (χ0) is 15.1. The topological polar surface area (TPSA) is 130 Å². The molecule has 106 valence electrons. The highest BCUT2D eigenvalue weighted by atomic mass is 16.5. The molecule has 0 saturated heterocycles. The van der Waals surface area contributed by atoms with Crippen LogP contribution in [0.2, 0.25) is 0 Å². The van der Waals surface area contributed by atoms with Crippen molar-refractivity contribution in [3.8, 4) is 0 Å². The van der Waals surface area contributed by atoms with Gasteiger partial charge in [-0.15, -0.1) is 0 Å². The molecule has 0 aromatic carbocycles. The molecule has 0 spiro atoms. The summed E-state index contributed by atoms with van der Waals surface area (Å²) in [5.74, 6) is -2.18. The third-order valence-electron chi connectivity index (χ3n) is 2.00. The summed E-state index contributed by atoms with van der Waals surface area (Å²) < 4.78 is 9.51. The second kappa shape index (κ2) is 6.88. The summed E-state index contributed by atoms with van der Waals surface area (Å²) in [5, 5.41) is 0. The van der Waals surface area contributed by atoms with Crippen molar-refractivity contribution in [2.75, 3.05) is 24.7 Å². The summed E-state index contributed by atoms with van der Waals surface area (Å²) in [6.07, 6.45) is 2.76. The summed E-state index contributed by atoms with van der Waals surface area (Å²) in [6.45, 7) is 6.77. The van der Waals surface area contributed by atoms with Gasteiger partial charge >= 0.3 is 11.9 Å². The van der Waals surface area contributed by atoms with E-state index in [1.165, 1.54) is 12.2 Å². The Balaban J connectivity index is 3.02. The predicted octanol–water partition coefficient (Wildman–Crippen LogP) is 0.327. The van der Waals surface area contributed by atoms with E-state index in [9.17, 15) is 9.59 Å². The number of carbonyl (C=O) groups is 2. The number of nitrogen functional groups attached to an aromatic ring is 2. The van der Waals surface area contributed by atoms with E-state index >= 15 is 0 Å². The Bertz CT molecular complexity index is 507. The van der Waals surface area contributed by atoms with Crippen LogP contribution in [0.1, 0.15) is 21.0 Å². The molecule has 0 radical (unpaired) electrons. The summed E-state index contributed by atoms with van der Waals surface area (Å²) >= 11 is 0. The van der Waals surface area contributed by atoms with Crippen LogP contribution in [0.15, 0.2) is 25.3 Å². The quantitative estimate of drug-likeness (QED) is 0.562. The number of nitrogens with zero attached hydrogens (tertiary/aromatic N) is 2. The molecule has 0 aliphatic rings. The van der Waals surface area contributed by atoms with E-state index in [1.807, 2.05) is 0 Å². The Labute approximate surface area is 115 Å². The van der Waals surface area contributed by atoms with Crippen LogP contribution in [-0.4, -0.2) is 35.1 Å². The minimum Gasteiger partial charge on any atom is -0.457 e. The number of esters is 2. The largest absolute Gasteiger partial charge is 0.457 e. The van der Waals surface area contributed by atoms with Gasteiger partial charge in [0.05, 0.1) is 0 Å². The third-order valence-corrected chi connectivity index (χ3v) is 2.00. The molecule has 0 unspecified atom stereocenters. The van der Waals surface area contributed by atoms with Gasteiger partial charge in [0, 0.05) is 0 Å². The summed E-state index contributed by atoms with van der Waals surface area (Å²) in [6, 6.07) is 0. The van der Waals surface area contributed by atoms with E-state index in [-0.39, 0.29) is 36.2 Å². The highest BCUT2D eigenvalue weighted by Gasteiger charge is 2.21. The third kappa shape index (κ3) is 3.55. The molecule has 8 nitrogen and oxygen atoms in total. The molecule has 20 heavy (non-hydrogen) atoms. The molecule has 0 aliphatic heterocycles. The first-order chi connectivity index (χ1) is 9.51. The number of nitrogens with two attached hydrogens (primary N) is 2. The van der Waals surface area contributed by atoms with Crippen LogP contribution in [0.25, 0.3) is 0 Å². The van der Waals surface area contributed by atoms with Gasteiger partial charge in [-0.25, -0.2) is 19.6 Å². The Hall–Kier alpha value is -2.90. The summed E-state index contributed by atoms with van der Waals surface area (Å²) in [7, 11) is 0. The Kier molecular flexibility index (Phi) is 5.21. The van der Waals surface area contributed by atoms with Crippen molar-refractivity contribution in [1.29, 1.82) is 0 Å². The van der Waals surface area contributed by atoms with Crippen LogP contribution < -0.4 is 11.5 Å². The molecule has 0 aliphatic carbocycles. The Morgan fingerprint density at radius 3 is 1.60 bits per heavy atom. The molecule has 8 heteroatoms. The number of rotatable bonds is 6. The van der Waals surface area contributed by atoms with Crippen LogP contribution in [0.4, 0.5) is 11.6 Å². The standard InChI is InChI=1S/C12H14N4O4/c1-3-5-19-11(17)7-9(13)16-8(10(14)15-7)12(18)20-6-4-2/h3-4H,1-2,5-6H2,(H2,14,15)(H2,13,16). The van der Waals surface area contributed by atoms with Gasteiger partial charge in [0.15, 0.2) is 23.0 Å². The molecule has 4 N–H and O–H groups in total. The average Bonchev–Trinajstić information content (AvgIpc) is 2.44. The van der Waals surface area contributed by atoms with Crippen LogP contribution in [0.3, 0.4) is 0 Å². The lowest BCUT2D eigenvalue weighted by Gasteiger charge is -2.08. The van der Waals surface area contributed by atoms with Crippen LogP contribution in [-0.2, 0) is 9.47 Å². The second-order valence-electron chi connectivity index (χ2n) is 3.47. The minimum absolute atomic E-state index is 0.0109. The second-order valence-corrected chi connectivity index (χ2v) is 3.47. The van der Waals surface area contributed by atoms with Gasteiger partial charge in [-0.05, 0) is 0 Å². The maximum absolute atomic E-state index is 11.6. The lowest BCUT2D eigenvalue weighted by Crippen LogP contribution is -2.18. The van der Waals surface area contributed by atoms with Gasteiger partial charge < -0.3 is 20.9 Å². The van der Waals surface area contributed by atoms with E-state index in [0.29, 0.717) is 0 Å². The molecule has 1 aromatic heterocycles. The molecule has 1 heterocycles. The van der Waals surface area contributed by atoms with E-state index in [4.69, 9.17) is 20.9 Å². The first-order valence-corrected chi connectivity index (χ1v) is 5.50. The van der Waals surface area contributed by atoms with Gasteiger partial charge in [-0.1, -0.05) is 25.3 Å². The molecular weight excluding hydrogens is 264 g/mol. The molecule has 1 rings (SSSR count).